The van der Waals surface area contributed by atoms with Gasteiger partial charge in [0.15, 0.2) is 0 Å². The number of hydrogen-bond donors (Lipinski definition) is 2. The summed E-state index contributed by atoms with van der Waals surface area (Å²) in [5.41, 5.74) is 1.17. The van der Waals surface area contributed by atoms with Crippen molar-refractivity contribution in [2.75, 3.05) is 31.3 Å². The topological polar surface area (TPSA) is 97.6 Å². The highest BCUT2D eigenvalue weighted by atomic mass is 79.9. The molecule has 0 aliphatic rings. The number of furan rings is 1. The molecule has 10 heteroatoms. The fourth-order valence-electron chi connectivity index (χ4n) is 3.01. The number of sulfone groups is 1. The molecule has 0 aliphatic heterocycles. The molecule has 0 radical (unpaired) electrons. The van der Waals surface area contributed by atoms with Gasteiger partial charge in [0.2, 0.25) is 15.7 Å². The normalized spacial score (nSPS) is 11.2. The number of halogens is 1. The van der Waals surface area contributed by atoms with Gasteiger partial charge in [0.1, 0.15) is 11.5 Å². The van der Waals surface area contributed by atoms with Crippen LogP contribution in [0.3, 0.4) is 0 Å². The molecule has 2 N–H and O–H groups in total. The van der Waals surface area contributed by atoms with E-state index in [1.165, 1.54) is 19.2 Å². The van der Waals surface area contributed by atoms with Crippen molar-refractivity contribution in [3.05, 3.63) is 70.6 Å². The molecule has 0 bridgehead atoms. The summed E-state index contributed by atoms with van der Waals surface area (Å²) in [6.45, 7) is 2.28. The van der Waals surface area contributed by atoms with Crippen molar-refractivity contribution in [1.82, 2.24) is 5.32 Å². The lowest BCUT2D eigenvalue weighted by molar-refractivity contribution is -0.119. The van der Waals surface area contributed by atoms with Crippen molar-refractivity contribution in [3.8, 4) is 5.75 Å². The third kappa shape index (κ3) is 6.78. The molecule has 33 heavy (non-hydrogen) atoms. The predicted octanol–water partition coefficient (Wildman–Crippen LogP) is 4.65. The number of amides is 1. The summed E-state index contributed by atoms with van der Waals surface area (Å²) >= 11 is 4.99. The zero-order chi connectivity index (χ0) is 23.8. The Balaban J connectivity index is 1.62. The second kappa shape index (κ2) is 11.6. The number of benzene rings is 2. The number of nitrogens with one attached hydrogen (secondary N) is 2. The molecule has 0 atom stereocenters. The van der Waals surface area contributed by atoms with Crippen molar-refractivity contribution in [2.45, 2.75) is 22.5 Å². The van der Waals surface area contributed by atoms with Crippen molar-refractivity contribution in [1.29, 1.82) is 0 Å². The van der Waals surface area contributed by atoms with E-state index >= 15 is 0 Å². The quantitative estimate of drug-likeness (QED) is 0.334. The van der Waals surface area contributed by atoms with E-state index in [2.05, 4.69) is 26.6 Å². The smallest absolute Gasteiger partial charge is 0.239 e. The summed E-state index contributed by atoms with van der Waals surface area (Å²) in [5.74, 6) is 2.70. The van der Waals surface area contributed by atoms with Crippen LogP contribution in [-0.4, -0.2) is 40.3 Å². The minimum absolute atomic E-state index is 0.0409. The highest BCUT2D eigenvalue weighted by Gasteiger charge is 2.23. The SMILES string of the molecule is COc1ccc(S(=O)(=O)c2cc(C)ccc2NCC(=O)NCCSCc2ccco2)cc1Br. The first-order valence-electron chi connectivity index (χ1n) is 10.1. The van der Waals surface area contributed by atoms with Gasteiger partial charge in [-0.2, -0.15) is 11.8 Å². The summed E-state index contributed by atoms with van der Waals surface area (Å²) in [6, 6.07) is 13.4. The summed E-state index contributed by atoms with van der Waals surface area (Å²) in [4.78, 5) is 12.5. The van der Waals surface area contributed by atoms with Gasteiger partial charge in [-0.15, -0.1) is 0 Å². The second-order valence-corrected chi connectivity index (χ2v) is 11.0. The molecule has 3 aromatic rings. The molecular formula is C23H25BrN2O5S2. The Bertz CT molecular complexity index is 1200. The van der Waals surface area contributed by atoms with Gasteiger partial charge in [0.05, 0.1) is 45.6 Å². The molecule has 0 unspecified atom stereocenters. The lowest BCUT2D eigenvalue weighted by atomic mass is 10.2. The summed E-state index contributed by atoms with van der Waals surface area (Å²) in [6.07, 6.45) is 1.64. The van der Waals surface area contributed by atoms with Gasteiger partial charge < -0.3 is 19.8 Å². The number of thioether (sulfide) groups is 1. The van der Waals surface area contributed by atoms with Crippen molar-refractivity contribution >= 4 is 49.1 Å². The minimum Gasteiger partial charge on any atom is -0.496 e. The van der Waals surface area contributed by atoms with E-state index < -0.39 is 9.84 Å². The van der Waals surface area contributed by atoms with Crippen molar-refractivity contribution < 1.29 is 22.4 Å². The molecule has 0 aliphatic carbocycles. The molecular weight excluding hydrogens is 528 g/mol. The van der Waals surface area contributed by atoms with Crippen LogP contribution in [-0.2, 0) is 20.4 Å². The molecule has 1 aromatic heterocycles. The van der Waals surface area contributed by atoms with E-state index in [1.54, 1.807) is 42.3 Å². The molecule has 0 saturated heterocycles. The predicted molar refractivity (Wildman–Crippen MR) is 134 cm³/mol. The minimum atomic E-state index is -3.83. The van der Waals surface area contributed by atoms with E-state index in [4.69, 9.17) is 9.15 Å². The fourth-order valence-corrected chi connectivity index (χ4v) is 6.00. The lowest BCUT2D eigenvalue weighted by Gasteiger charge is -2.14. The highest BCUT2D eigenvalue weighted by Crippen LogP contribution is 2.33. The summed E-state index contributed by atoms with van der Waals surface area (Å²) in [5, 5.41) is 5.80. The number of rotatable bonds is 11. The van der Waals surface area contributed by atoms with Gasteiger partial charge >= 0.3 is 0 Å². The highest BCUT2D eigenvalue weighted by molar-refractivity contribution is 9.10. The Morgan fingerprint density at radius 2 is 2.00 bits per heavy atom. The number of carbonyl (C=O) groups excluding carboxylic acids is 1. The van der Waals surface area contributed by atoms with Crippen LogP contribution in [0.15, 0.2) is 73.5 Å². The maximum atomic E-state index is 13.3. The van der Waals surface area contributed by atoms with Gasteiger partial charge in [-0.05, 0) is 70.9 Å². The van der Waals surface area contributed by atoms with Crippen LogP contribution in [0.4, 0.5) is 5.69 Å². The van der Waals surface area contributed by atoms with E-state index in [0.29, 0.717) is 22.5 Å². The lowest BCUT2D eigenvalue weighted by Crippen LogP contribution is -2.31. The zero-order valence-electron chi connectivity index (χ0n) is 18.3. The van der Waals surface area contributed by atoms with Crippen LogP contribution in [0.1, 0.15) is 11.3 Å². The van der Waals surface area contributed by atoms with Gasteiger partial charge in [-0.25, -0.2) is 8.42 Å². The van der Waals surface area contributed by atoms with Crippen LogP contribution < -0.4 is 15.4 Å². The Kier molecular flexibility index (Phi) is 8.87. The Morgan fingerprint density at radius 3 is 2.70 bits per heavy atom. The van der Waals surface area contributed by atoms with Crippen LogP contribution in [0, 0.1) is 6.92 Å². The third-order valence-corrected chi connectivity index (χ3v) is 8.09. The number of aryl methyl sites for hydroxylation is 1. The van der Waals surface area contributed by atoms with E-state index in [1.807, 2.05) is 19.1 Å². The second-order valence-electron chi connectivity index (χ2n) is 7.13. The first-order valence-corrected chi connectivity index (χ1v) is 13.5. The van der Waals surface area contributed by atoms with Crippen molar-refractivity contribution in [2.24, 2.45) is 0 Å². The molecule has 0 saturated carbocycles. The standard InChI is InChI=1S/C23H25BrN2O5S2/c1-16-5-7-20(26-14-23(27)25-9-11-32-15-17-4-3-10-31-17)22(12-16)33(28,29)18-6-8-21(30-2)19(24)13-18/h3-8,10,12-13,26H,9,11,14-15H2,1-2H3,(H,25,27). The average Bonchev–Trinajstić information content (AvgIpc) is 3.31. The summed E-state index contributed by atoms with van der Waals surface area (Å²) in [7, 11) is -2.31. The van der Waals surface area contributed by atoms with Gasteiger partial charge in [-0.1, -0.05) is 6.07 Å². The molecule has 3 rings (SSSR count). The number of anilines is 1. The Labute approximate surface area is 206 Å². The number of methoxy groups -OCH3 is 1. The monoisotopic (exact) mass is 552 g/mol. The third-order valence-electron chi connectivity index (χ3n) is 4.69. The number of carbonyl (C=O) groups is 1. The number of ether oxygens (including phenoxy) is 1. The zero-order valence-corrected chi connectivity index (χ0v) is 21.5. The van der Waals surface area contributed by atoms with Gasteiger partial charge in [-0.3, -0.25) is 4.79 Å². The Hall–Kier alpha value is -2.43. The molecule has 176 valence electrons. The maximum absolute atomic E-state index is 13.3. The molecule has 1 amide bonds. The molecule has 7 nitrogen and oxygen atoms in total. The molecule has 2 aromatic carbocycles. The largest absolute Gasteiger partial charge is 0.496 e. The molecule has 0 spiro atoms. The van der Waals surface area contributed by atoms with Gasteiger partial charge in [0.25, 0.3) is 0 Å². The van der Waals surface area contributed by atoms with E-state index in [-0.39, 0.29) is 22.2 Å². The molecule has 0 fully saturated rings. The van der Waals surface area contributed by atoms with E-state index in [0.717, 1.165) is 22.8 Å². The summed E-state index contributed by atoms with van der Waals surface area (Å²) < 4.78 is 37.7. The fraction of sp³-hybridized carbons (Fsp3) is 0.261. The van der Waals surface area contributed by atoms with Gasteiger partial charge in [0, 0.05) is 12.3 Å². The average molecular weight is 554 g/mol. The first kappa shape index (κ1) is 25.2. The maximum Gasteiger partial charge on any atom is 0.239 e. The molecule has 1 heterocycles. The van der Waals surface area contributed by atoms with Crippen LogP contribution in [0.2, 0.25) is 0 Å². The van der Waals surface area contributed by atoms with Crippen molar-refractivity contribution in [3.63, 3.8) is 0 Å². The van der Waals surface area contributed by atoms with E-state index in [9.17, 15) is 13.2 Å². The van der Waals surface area contributed by atoms with Crippen LogP contribution in [0.25, 0.3) is 0 Å². The van der Waals surface area contributed by atoms with Crippen LogP contribution >= 0.6 is 27.7 Å². The number of hydrogen-bond acceptors (Lipinski definition) is 7. The van der Waals surface area contributed by atoms with Crippen LogP contribution in [0.5, 0.6) is 5.75 Å². The first-order chi connectivity index (χ1) is 15.8. The Morgan fingerprint density at radius 1 is 1.18 bits per heavy atom.